The lowest BCUT2D eigenvalue weighted by Crippen LogP contribution is -2.61. The Morgan fingerprint density at radius 2 is 1.63 bits per heavy atom. The topological polar surface area (TPSA) is 177 Å². The molecule has 2 aliphatic carbocycles. The summed E-state index contributed by atoms with van der Waals surface area (Å²) in [7, 11) is 0. The number of urea groups is 1. The van der Waals surface area contributed by atoms with Gasteiger partial charge in [0, 0.05) is 12.0 Å². The van der Waals surface area contributed by atoms with E-state index in [0.29, 0.717) is 32.4 Å². The fraction of sp³-hybridized carbons (Fsp3) is 0.793. The molecule has 3 fully saturated rings. The van der Waals surface area contributed by atoms with Gasteiger partial charge in [0.1, 0.15) is 18.1 Å². The number of amides is 5. The Bertz CT molecular complexity index is 1040. The maximum atomic E-state index is 13.8. The van der Waals surface area contributed by atoms with E-state index in [1.807, 2.05) is 6.92 Å². The van der Waals surface area contributed by atoms with Gasteiger partial charge in [-0.1, -0.05) is 54.4 Å². The highest BCUT2D eigenvalue weighted by molar-refractivity contribution is 6.37. The highest BCUT2D eigenvalue weighted by Crippen LogP contribution is 2.45. The summed E-state index contributed by atoms with van der Waals surface area (Å²) >= 11 is 0. The number of ether oxygens (including phenoxy) is 1. The summed E-state index contributed by atoms with van der Waals surface area (Å²) in [6, 6.07) is -4.49. The Morgan fingerprint density at radius 3 is 2.15 bits per heavy atom. The molecule has 0 aromatic rings. The van der Waals surface area contributed by atoms with Crippen LogP contribution in [0.15, 0.2) is 0 Å². The number of nitrogens with zero attached hydrogens (tertiary/aromatic N) is 1. The predicted molar refractivity (Wildman–Crippen MR) is 150 cm³/mol. The number of rotatable bonds is 13. The average Bonchev–Trinajstić information content (AvgIpc) is 3.79. The molecule has 2 saturated carbocycles. The summed E-state index contributed by atoms with van der Waals surface area (Å²) in [6.07, 6.45) is 5.09. The molecular weight excluding hydrogens is 530 g/mol. The van der Waals surface area contributed by atoms with Crippen LogP contribution >= 0.6 is 0 Å². The van der Waals surface area contributed by atoms with E-state index in [1.54, 1.807) is 34.6 Å². The Balaban J connectivity index is 1.67. The van der Waals surface area contributed by atoms with Crippen molar-refractivity contribution in [3.05, 3.63) is 0 Å². The molecule has 3 rings (SSSR count). The zero-order chi connectivity index (χ0) is 30.7. The molecule has 0 spiro atoms. The van der Waals surface area contributed by atoms with E-state index in [1.165, 1.54) is 4.90 Å². The van der Waals surface area contributed by atoms with E-state index in [-0.39, 0.29) is 17.3 Å². The second-order valence-electron chi connectivity index (χ2n) is 13.7. The lowest BCUT2D eigenvalue weighted by Gasteiger charge is -2.36. The minimum atomic E-state index is -1.11. The number of hydrogen-bond donors (Lipinski definition) is 4. The average molecular weight is 578 g/mol. The standard InChI is InChI=1S/C29H47N5O7/c1-16(2)20(26(39)41-15-29(6)11-12-29)32-27(40)33-22(28(3,4)5)25(38)34-13-7-8-19(34)24(37)31-18(14-17-9-10-17)21(35)23(30)36/h16-20,22H,7-15H2,1-6H3,(H2,30,36)(H,31,37)(H2,32,33,40). The molecule has 12 nitrogen and oxygen atoms in total. The first-order valence-electron chi connectivity index (χ1n) is 14.7. The van der Waals surface area contributed by atoms with E-state index in [4.69, 9.17) is 10.5 Å². The summed E-state index contributed by atoms with van der Waals surface area (Å²) in [6.45, 7) is 11.6. The minimum absolute atomic E-state index is 0.00676. The Morgan fingerprint density at radius 1 is 1.00 bits per heavy atom. The molecule has 1 saturated heterocycles. The van der Waals surface area contributed by atoms with E-state index in [0.717, 1.165) is 25.7 Å². The van der Waals surface area contributed by atoms with Gasteiger partial charge in [-0.2, -0.15) is 0 Å². The van der Waals surface area contributed by atoms with Crippen LogP contribution in [0.2, 0.25) is 0 Å². The molecule has 5 amide bonds. The smallest absolute Gasteiger partial charge is 0.328 e. The molecule has 4 atom stereocenters. The van der Waals surface area contributed by atoms with Crippen LogP contribution in [-0.2, 0) is 28.7 Å². The Hall–Kier alpha value is -3.18. The summed E-state index contributed by atoms with van der Waals surface area (Å²) in [5.74, 6) is -3.45. The molecule has 12 heteroatoms. The molecule has 4 unspecified atom stereocenters. The third-order valence-electron chi connectivity index (χ3n) is 8.24. The number of hydrogen-bond acceptors (Lipinski definition) is 7. The van der Waals surface area contributed by atoms with Crippen molar-refractivity contribution >= 4 is 35.5 Å². The van der Waals surface area contributed by atoms with Gasteiger partial charge in [-0.05, 0) is 49.4 Å². The van der Waals surface area contributed by atoms with Crippen molar-refractivity contribution in [1.82, 2.24) is 20.9 Å². The van der Waals surface area contributed by atoms with Crippen LogP contribution in [-0.4, -0.2) is 77.7 Å². The van der Waals surface area contributed by atoms with E-state index < -0.39 is 65.1 Å². The summed E-state index contributed by atoms with van der Waals surface area (Å²) in [4.78, 5) is 78.2. The molecular formula is C29H47N5O7. The zero-order valence-electron chi connectivity index (χ0n) is 25.2. The fourth-order valence-corrected chi connectivity index (χ4v) is 4.98. The van der Waals surface area contributed by atoms with Crippen LogP contribution in [0.25, 0.3) is 0 Å². The monoisotopic (exact) mass is 577 g/mol. The number of nitrogens with one attached hydrogen (secondary N) is 3. The highest BCUT2D eigenvalue weighted by Gasteiger charge is 2.44. The molecule has 0 radical (unpaired) electrons. The highest BCUT2D eigenvalue weighted by atomic mass is 16.5. The van der Waals surface area contributed by atoms with Gasteiger partial charge in [-0.25, -0.2) is 9.59 Å². The molecule has 0 aromatic carbocycles. The number of esters is 1. The number of primary amides is 1. The first kappa shape index (κ1) is 32.3. The first-order chi connectivity index (χ1) is 19.0. The second-order valence-corrected chi connectivity index (χ2v) is 13.7. The Labute approximate surface area is 242 Å². The van der Waals surface area contributed by atoms with Crippen molar-refractivity contribution in [3.8, 4) is 0 Å². The molecule has 230 valence electrons. The minimum Gasteiger partial charge on any atom is -0.464 e. The Kier molecular flexibility index (Phi) is 10.1. The van der Waals surface area contributed by atoms with Crippen molar-refractivity contribution in [2.75, 3.05) is 13.2 Å². The van der Waals surface area contributed by atoms with Gasteiger partial charge < -0.3 is 31.3 Å². The molecule has 1 heterocycles. The predicted octanol–water partition coefficient (Wildman–Crippen LogP) is 1.40. The second kappa shape index (κ2) is 12.8. The van der Waals surface area contributed by atoms with Gasteiger partial charge in [0.05, 0.1) is 12.6 Å². The van der Waals surface area contributed by atoms with Crippen LogP contribution < -0.4 is 21.7 Å². The molecule has 1 aliphatic heterocycles. The quantitative estimate of drug-likeness (QED) is 0.189. The summed E-state index contributed by atoms with van der Waals surface area (Å²) < 4.78 is 5.47. The SMILES string of the molecule is CC(C)C(NC(=O)NC(C(=O)N1CCCC1C(=O)NC(CC1CC1)C(=O)C(N)=O)C(C)(C)C)C(=O)OCC1(C)CC1. The van der Waals surface area contributed by atoms with Crippen molar-refractivity contribution in [3.63, 3.8) is 0 Å². The first-order valence-corrected chi connectivity index (χ1v) is 14.7. The largest absolute Gasteiger partial charge is 0.464 e. The third kappa shape index (κ3) is 8.90. The maximum Gasteiger partial charge on any atom is 0.328 e. The summed E-state index contributed by atoms with van der Waals surface area (Å²) in [5, 5.41) is 8.06. The van der Waals surface area contributed by atoms with Crippen LogP contribution in [0.4, 0.5) is 4.79 Å². The van der Waals surface area contributed by atoms with E-state index in [9.17, 15) is 28.8 Å². The number of likely N-dealkylation sites (tertiary alicyclic amines) is 1. The van der Waals surface area contributed by atoms with Gasteiger partial charge in [-0.15, -0.1) is 0 Å². The van der Waals surface area contributed by atoms with Gasteiger partial charge in [-0.3, -0.25) is 19.2 Å². The number of nitrogens with two attached hydrogens (primary N) is 1. The van der Waals surface area contributed by atoms with Crippen LogP contribution in [0.1, 0.15) is 86.5 Å². The van der Waals surface area contributed by atoms with Gasteiger partial charge in [0.2, 0.25) is 17.6 Å². The molecule has 5 N–H and O–H groups in total. The normalized spacial score (nSPS) is 21.8. The number of carbonyl (C=O) groups is 6. The van der Waals surface area contributed by atoms with Crippen molar-refractivity contribution in [1.29, 1.82) is 0 Å². The number of Topliss-reactive ketones (excluding diaryl/α,β-unsaturated/α-hetero) is 1. The molecule has 3 aliphatic rings. The number of ketones is 1. The van der Waals surface area contributed by atoms with Crippen LogP contribution in [0, 0.1) is 22.7 Å². The van der Waals surface area contributed by atoms with Crippen molar-refractivity contribution in [2.24, 2.45) is 28.4 Å². The van der Waals surface area contributed by atoms with Gasteiger partial charge in [0.15, 0.2) is 0 Å². The molecule has 0 aromatic heterocycles. The van der Waals surface area contributed by atoms with Crippen LogP contribution in [0.3, 0.4) is 0 Å². The molecule has 0 bridgehead atoms. The molecule has 41 heavy (non-hydrogen) atoms. The van der Waals surface area contributed by atoms with Crippen molar-refractivity contribution in [2.45, 2.75) is 111 Å². The lowest BCUT2D eigenvalue weighted by molar-refractivity contribution is -0.148. The van der Waals surface area contributed by atoms with E-state index in [2.05, 4.69) is 16.0 Å². The van der Waals surface area contributed by atoms with Crippen molar-refractivity contribution < 1.29 is 33.5 Å². The fourth-order valence-electron chi connectivity index (χ4n) is 4.98. The third-order valence-corrected chi connectivity index (χ3v) is 8.24. The van der Waals surface area contributed by atoms with Crippen LogP contribution in [0.5, 0.6) is 0 Å². The maximum absolute atomic E-state index is 13.8. The van der Waals surface area contributed by atoms with Gasteiger partial charge in [0.25, 0.3) is 5.91 Å². The summed E-state index contributed by atoms with van der Waals surface area (Å²) in [5.41, 5.74) is 4.48. The van der Waals surface area contributed by atoms with Gasteiger partial charge >= 0.3 is 12.0 Å². The zero-order valence-corrected chi connectivity index (χ0v) is 25.2. The van der Waals surface area contributed by atoms with E-state index >= 15 is 0 Å². The lowest BCUT2D eigenvalue weighted by atomic mass is 9.85. The number of carbonyl (C=O) groups excluding carboxylic acids is 6.